The summed E-state index contributed by atoms with van der Waals surface area (Å²) in [6.07, 6.45) is 12.8. The second-order valence-corrected chi connectivity index (χ2v) is 18.0. The van der Waals surface area contributed by atoms with Gasteiger partial charge in [0.05, 0.1) is 4.90 Å². The lowest BCUT2D eigenvalue weighted by Gasteiger charge is -2.39. The van der Waals surface area contributed by atoms with Gasteiger partial charge in [-0.15, -0.1) is 0 Å². The molecule has 6 nitrogen and oxygen atoms in total. The van der Waals surface area contributed by atoms with Gasteiger partial charge >= 0.3 is 16.1 Å². The van der Waals surface area contributed by atoms with Gasteiger partial charge < -0.3 is 9.47 Å². The highest BCUT2D eigenvalue weighted by Crippen LogP contribution is 2.70. The molecular formula is C42H54O6S2. The van der Waals surface area contributed by atoms with Gasteiger partial charge in [0, 0.05) is 14.7 Å². The number of aryl methyl sites for hydroxylation is 1. The molecule has 0 spiro atoms. The molecule has 0 aliphatic rings. The summed E-state index contributed by atoms with van der Waals surface area (Å²) in [6, 6.07) is 33.4. The van der Waals surface area contributed by atoms with E-state index < -0.39 is 32.0 Å². The Kier molecular flexibility index (Phi) is 15.0. The van der Waals surface area contributed by atoms with Crippen LogP contribution in [-0.4, -0.2) is 26.6 Å². The second kappa shape index (κ2) is 19.1. The van der Waals surface area contributed by atoms with Crippen molar-refractivity contribution >= 4 is 26.4 Å². The van der Waals surface area contributed by atoms with Crippen LogP contribution in [0.5, 0.6) is 5.75 Å². The van der Waals surface area contributed by atoms with Crippen molar-refractivity contribution in [3.8, 4) is 5.75 Å². The van der Waals surface area contributed by atoms with Crippen LogP contribution in [0.1, 0.15) is 97.5 Å². The Balaban J connectivity index is 1.60. The van der Waals surface area contributed by atoms with Gasteiger partial charge in [-0.05, 0) is 104 Å². The summed E-state index contributed by atoms with van der Waals surface area (Å²) in [7, 11) is -7.07. The van der Waals surface area contributed by atoms with Gasteiger partial charge in [-0.1, -0.05) is 119 Å². The van der Waals surface area contributed by atoms with Crippen LogP contribution in [-0.2, 0) is 29.7 Å². The molecule has 0 aliphatic carbocycles. The third-order valence-corrected chi connectivity index (χ3v) is 13.6. The predicted octanol–water partition coefficient (Wildman–Crippen LogP) is 11.5. The molecule has 0 N–H and O–H groups in total. The number of hydrogen-bond acceptors (Lipinski definition) is 6. The SMILES string of the molecule is CCCCCCCCCCCCc1ccccc1S(=O)(=O)OS(c1ccccc1)(c1ccccc1)c1ccc(OCC(=O)OC(C)(C)C)cc1. The van der Waals surface area contributed by atoms with Gasteiger partial charge in [0.1, 0.15) is 11.4 Å². The van der Waals surface area contributed by atoms with Gasteiger partial charge in [0.2, 0.25) is 0 Å². The van der Waals surface area contributed by atoms with Crippen LogP contribution in [0.15, 0.2) is 129 Å². The molecule has 0 aromatic heterocycles. The molecule has 0 aliphatic heterocycles. The lowest BCUT2D eigenvalue weighted by Crippen LogP contribution is -2.27. The highest BCUT2D eigenvalue weighted by Gasteiger charge is 2.39. The topological polar surface area (TPSA) is 78.9 Å². The molecule has 0 fully saturated rings. The fourth-order valence-electron chi connectivity index (χ4n) is 5.92. The maximum atomic E-state index is 14.6. The van der Waals surface area contributed by atoms with Crippen molar-refractivity contribution in [2.75, 3.05) is 6.61 Å². The number of rotatable bonds is 20. The van der Waals surface area contributed by atoms with E-state index in [1.54, 1.807) is 45.0 Å². The van der Waals surface area contributed by atoms with Crippen LogP contribution >= 0.6 is 10.3 Å². The van der Waals surface area contributed by atoms with Crippen LogP contribution in [0.3, 0.4) is 0 Å². The zero-order valence-electron chi connectivity index (χ0n) is 30.1. The monoisotopic (exact) mass is 718 g/mol. The van der Waals surface area contributed by atoms with Crippen LogP contribution in [0.4, 0.5) is 0 Å². The minimum Gasteiger partial charge on any atom is -0.482 e. The first-order valence-electron chi connectivity index (χ1n) is 18.0. The average molecular weight is 719 g/mol. The zero-order valence-corrected chi connectivity index (χ0v) is 31.8. The predicted molar refractivity (Wildman–Crippen MR) is 203 cm³/mol. The van der Waals surface area contributed by atoms with Crippen molar-refractivity contribution in [2.45, 2.75) is 124 Å². The molecule has 50 heavy (non-hydrogen) atoms. The molecule has 4 aromatic rings. The fraction of sp³-hybridized carbons (Fsp3) is 0.405. The van der Waals surface area contributed by atoms with Gasteiger partial charge in [-0.25, -0.2) is 8.42 Å². The van der Waals surface area contributed by atoms with Gasteiger partial charge in [-0.3, -0.25) is 0 Å². The first-order valence-corrected chi connectivity index (χ1v) is 20.9. The highest BCUT2D eigenvalue weighted by atomic mass is 32.3. The Hall–Kier alpha value is -3.59. The molecule has 0 saturated heterocycles. The molecule has 4 aromatic carbocycles. The van der Waals surface area contributed by atoms with Crippen molar-refractivity contribution in [3.63, 3.8) is 0 Å². The van der Waals surface area contributed by atoms with Crippen LogP contribution in [0.25, 0.3) is 0 Å². The summed E-state index contributed by atoms with van der Waals surface area (Å²) in [6.45, 7) is 7.42. The van der Waals surface area contributed by atoms with Crippen molar-refractivity contribution < 1.29 is 26.3 Å². The normalized spacial score (nSPS) is 12.4. The van der Waals surface area contributed by atoms with E-state index in [1.807, 2.05) is 84.9 Å². The van der Waals surface area contributed by atoms with Crippen LogP contribution in [0.2, 0.25) is 0 Å². The van der Waals surface area contributed by atoms with Gasteiger partial charge in [0.15, 0.2) is 6.61 Å². The van der Waals surface area contributed by atoms with Crippen molar-refractivity contribution in [1.82, 2.24) is 0 Å². The molecular weight excluding hydrogens is 665 g/mol. The third-order valence-electron chi connectivity index (χ3n) is 8.32. The fourth-order valence-corrected chi connectivity index (χ4v) is 11.4. The largest absolute Gasteiger partial charge is 0.482 e. The standard InChI is InChI=1S/C42H54O6S2/c1-5-6-7-8-9-10-11-12-13-16-23-35-24-21-22-29-40(35)50(44,45)48-49(37-25-17-14-18-26-37,38-27-19-15-20-28-38)39-32-30-36(31-33-39)46-34-41(43)47-42(2,3)4/h14-15,17-22,24-33H,5-13,16,23,34H2,1-4H3. The maximum absolute atomic E-state index is 14.6. The first-order chi connectivity index (χ1) is 24.0. The van der Waals surface area contributed by atoms with Crippen molar-refractivity contribution in [3.05, 3.63) is 115 Å². The number of carbonyl (C=O) groups is 1. The molecule has 0 radical (unpaired) electrons. The summed E-state index contributed by atoms with van der Waals surface area (Å²) in [5.41, 5.74) is 0.153. The summed E-state index contributed by atoms with van der Waals surface area (Å²) in [4.78, 5) is 14.6. The Bertz CT molecular complexity index is 1660. The van der Waals surface area contributed by atoms with E-state index >= 15 is 0 Å². The Morgan fingerprint density at radius 3 is 1.62 bits per heavy atom. The van der Waals surface area contributed by atoms with Crippen LogP contribution in [0, 0.1) is 0 Å². The molecule has 270 valence electrons. The minimum absolute atomic E-state index is 0.206. The minimum atomic E-state index is -4.26. The number of esters is 1. The van der Waals surface area contributed by atoms with E-state index in [9.17, 15) is 13.2 Å². The Morgan fingerprint density at radius 1 is 0.600 bits per heavy atom. The van der Waals surface area contributed by atoms with E-state index in [2.05, 4.69) is 6.92 Å². The lowest BCUT2D eigenvalue weighted by molar-refractivity contribution is -0.157. The highest BCUT2D eigenvalue weighted by molar-refractivity contribution is 8.33. The number of hydrogen-bond donors (Lipinski definition) is 0. The molecule has 0 amide bonds. The van der Waals surface area contributed by atoms with Gasteiger partial charge in [-0.2, -0.15) is 8.42 Å². The molecule has 0 saturated carbocycles. The summed E-state index contributed by atoms with van der Waals surface area (Å²) in [5, 5.41) is 0. The number of carbonyl (C=O) groups excluding carboxylic acids is 1. The van der Waals surface area contributed by atoms with E-state index in [-0.39, 0.29) is 11.5 Å². The number of ether oxygens (including phenoxy) is 2. The third kappa shape index (κ3) is 11.5. The van der Waals surface area contributed by atoms with E-state index in [4.69, 9.17) is 13.1 Å². The maximum Gasteiger partial charge on any atom is 0.344 e. The molecule has 4 rings (SSSR count). The van der Waals surface area contributed by atoms with Crippen LogP contribution < -0.4 is 4.74 Å². The molecule has 0 atom stereocenters. The summed E-state index contributed by atoms with van der Waals surface area (Å²) < 4.78 is 46.9. The summed E-state index contributed by atoms with van der Waals surface area (Å²) >= 11 is 0. The lowest BCUT2D eigenvalue weighted by atomic mass is 10.0. The molecule has 0 heterocycles. The number of unbranched alkanes of at least 4 members (excludes halogenated alkanes) is 9. The Labute approximate surface area is 302 Å². The Morgan fingerprint density at radius 2 is 1.08 bits per heavy atom. The zero-order chi connectivity index (χ0) is 35.9. The van der Waals surface area contributed by atoms with E-state index in [0.717, 1.165) is 34.6 Å². The van der Waals surface area contributed by atoms with Gasteiger partial charge in [0.25, 0.3) is 0 Å². The molecule has 0 unspecified atom stereocenters. The second-order valence-electron chi connectivity index (χ2n) is 13.6. The first kappa shape index (κ1) is 39.2. The van der Waals surface area contributed by atoms with Crippen molar-refractivity contribution in [1.29, 1.82) is 0 Å². The van der Waals surface area contributed by atoms with E-state index in [1.165, 1.54) is 44.9 Å². The molecule has 0 bridgehead atoms. The number of benzene rings is 4. The molecule has 8 heteroatoms. The van der Waals surface area contributed by atoms with E-state index in [0.29, 0.717) is 17.1 Å². The van der Waals surface area contributed by atoms with Crippen molar-refractivity contribution in [2.24, 2.45) is 0 Å². The quantitative estimate of drug-likeness (QED) is 0.0668. The average Bonchev–Trinajstić information content (AvgIpc) is 3.11. The smallest absolute Gasteiger partial charge is 0.344 e. The summed E-state index contributed by atoms with van der Waals surface area (Å²) in [5.74, 6) is -0.0141.